The fourth-order valence-electron chi connectivity index (χ4n) is 3.55. The molecule has 6 nitrogen and oxygen atoms in total. The third-order valence-electron chi connectivity index (χ3n) is 5.23. The number of nitriles is 1. The molecule has 1 aromatic heterocycles. The van der Waals surface area contributed by atoms with E-state index in [0.29, 0.717) is 30.0 Å². The number of nitrogens with zero attached hydrogens (tertiary/aromatic N) is 4. The van der Waals surface area contributed by atoms with Gasteiger partial charge in [-0.1, -0.05) is 12.1 Å². The van der Waals surface area contributed by atoms with Gasteiger partial charge < -0.3 is 15.1 Å². The minimum absolute atomic E-state index is 0.0105. The molecule has 1 N–H and O–H groups in total. The zero-order chi connectivity index (χ0) is 20.9. The number of hydrogen-bond acceptors (Lipinski definition) is 5. The second-order valence-electron chi connectivity index (χ2n) is 7.36. The van der Waals surface area contributed by atoms with Gasteiger partial charge in [0.05, 0.1) is 17.2 Å². The van der Waals surface area contributed by atoms with E-state index >= 15 is 0 Å². The molecule has 0 atom stereocenters. The van der Waals surface area contributed by atoms with Crippen molar-refractivity contribution in [2.24, 2.45) is 0 Å². The van der Waals surface area contributed by atoms with Gasteiger partial charge >= 0.3 is 0 Å². The lowest BCUT2D eigenvalue weighted by Gasteiger charge is -2.36. The Morgan fingerprint density at radius 1 is 1.03 bits per heavy atom. The summed E-state index contributed by atoms with van der Waals surface area (Å²) in [5.74, 6) is 0.664. The number of carbonyl (C=O) groups excluding carboxylic acids is 1. The molecule has 150 valence electrons. The number of hydrogen-bond donors (Lipinski definition) is 1. The Morgan fingerprint density at radius 2 is 1.80 bits per heavy atom. The van der Waals surface area contributed by atoms with E-state index < -0.39 is 0 Å². The standard InChI is InChI=1S/C24H23N5O/c1-18-3-2-4-22(15-18)28-11-13-29(14-12-28)24(30)20-7-10-23(26-17-20)27-21-8-5-19(16-25)6-9-21/h2-10,15,17H,11-14H2,1H3,(H,26,27). The quantitative estimate of drug-likeness (QED) is 0.721. The molecule has 6 heteroatoms. The summed E-state index contributed by atoms with van der Waals surface area (Å²) in [6.45, 7) is 5.12. The molecule has 0 aliphatic carbocycles. The number of nitrogens with one attached hydrogen (secondary N) is 1. The molecule has 1 aliphatic heterocycles. The molecule has 0 radical (unpaired) electrons. The van der Waals surface area contributed by atoms with Crippen LogP contribution in [-0.4, -0.2) is 42.0 Å². The molecule has 30 heavy (non-hydrogen) atoms. The summed E-state index contributed by atoms with van der Waals surface area (Å²) in [7, 11) is 0. The number of pyridine rings is 1. The van der Waals surface area contributed by atoms with E-state index in [9.17, 15) is 4.79 Å². The fraction of sp³-hybridized carbons (Fsp3) is 0.208. The largest absolute Gasteiger partial charge is 0.368 e. The molecule has 1 saturated heterocycles. The number of amides is 1. The van der Waals surface area contributed by atoms with E-state index in [1.54, 1.807) is 30.5 Å². The fourth-order valence-corrected chi connectivity index (χ4v) is 3.55. The molecular formula is C24H23N5O. The molecule has 4 rings (SSSR count). The van der Waals surface area contributed by atoms with Crippen molar-refractivity contribution < 1.29 is 4.79 Å². The summed E-state index contributed by atoms with van der Waals surface area (Å²) in [6, 6.07) is 21.3. The van der Waals surface area contributed by atoms with Crippen LogP contribution in [0.2, 0.25) is 0 Å². The molecule has 3 aromatic rings. The predicted molar refractivity (Wildman–Crippen MR) is 118 cm³/mol. The number of rotatable bonds is 4. The first-order chi connectivity index (χ1) is 14.6. The molecular weight excluding hydrogens is 374 g/mol. The summed E-state index contributed by atoms with van der Waals surface area (Å²) in [5, 5.41) is 12.0. The molecule has 0 unspecified atom stereocenters. The molecule has 1 amide bonds. The highest BCUT2D eigenvalue weighted by molar-refractivity contribution is 5.94. The van der Waals surface area contributed by atoms with Crippen LogP contribution in [-0.2, 0) is 0 Å². The SMILES string of the molecule is Cc1cccc(N2CCN(C(=O)c3ccc(Nc4ccc(C#N)cc4)nc3)CC2)c1. The second-order valence-corrected chi connectivity index (χ2v) is 7.36. The van der Waals surface area contributed by atoms with Gasteiger partial charge in [0, 0.05) is 43.8 Å². The number of anilines is 3. The summed E-state index contributed by atoms with van der Waals surface area (Å²) in [6.07, 6.45) is 1.61. The maximum absolute atomic E-state index is 12.9. The van der Waals surface area contributed by atoms with Crippen LogP contribution in [0.15, 0.2) is 66.9 Å². The first kappa shape index (κ1) is 19.5. The molecule has 1 aliphatic rings. The van der Waals surface area contributed by atoms with Gasteiger partial charge in [-0.3, -0.25) is 4.79 Å². The van der Waals surface area contributed by atoms with E-state index in [1.165, 1.54) is 11.3 Å². The first-order valence-electron chi connectivity index (χ1n) is 9.96. The van der Waals surface area contributed by atoms with E-state index in [4.69, 9.17) is 5.26 Å². The Hall–Kier alpha value is -3.85. The van der Waals surface area contributed by atoms with E-state index in [0.717, 1.165) is 18.8 Å². The van der Waals surface area contributed by atoms with Gasteiger partial charge in [-0.25, -0.2) is 4.98 Å². The molecule has 0 saturated carbocycles. The lowest BCUT2D eigenvalue weighted by molar-refractivity contribution is 0.0746. The highest BCUT2D eigenvalue weighted by atomic mass is 16.2. The van der Waals surface area contributed by atoms with Gasteiger partial charge in [0.2, 0.25) is 0 Å². The summed E-state index contributed by atoms with van der Waals surface area (Å²) in [5.41, 5.74) is 4.49. The average molecular weight is 397 g/mol. The number of aryl methyl sites for hydroxylation is 1. The normalized spacial score (nSPS) is 13.6. The third kappa shape index (κ3) is 4.41. The van der Waals surface area contributed by atoms with Gasteiger partial charge in [0.1, 0.15) is 5.82 Å². The number of aromatic nitrogens is 1. The molecule has 0 spiro atoms. The van der Waals surface area contributed by atoms with Gasteiger partial charge in [-0.05, 0) is 61.0 Å². The summed E-state index contributed by atoms with van der Waals surface area (Å²) in [4.78, 5) is 21.4. The maximum Gasteiger partial charge on any atom is 0.255 e. The van der Waals surface area contributed by atoms with Crippen molar-refractivity contribution in [1.29, 1.82) is 5.26 Å². The topological polar surface area (TPSA) is 72.3 Å². The summed E-state index contributed by atoms with van der Waals surface area (Å²) < 4.78 is 0. The Balaban J connectivity index is 1.35. The third-order valence-corrected chi connectivity index (χ3v) is 5.23. The van der Waals surface area contributed by atoms with Crippen LogP contribution in [0.25, 0.3) is 0 Å². The Morgan fingerprint density at radius 3 is 2.43 bits per heavy atom. The van der Waals surface area contributed by atoms with Crippen LogP contribution in [0.4, 0.5) is 17.2 Å². The van der Waals surface area contributed by atoms with Crippen LogP contribution >= 0.6 is 0 Å². The van der Waals surface area contributed by atoms with E-state index in [2.05, 4.69) is 52.5 Å². The van der Waals surface area contributed by atoms with Crippen LogP contribution in [0.1, 0.15) is 21.5 Å². The summed E-state index contributed by atoms with van der Waals surface area (Å²) >= 11 is 0. The minimum Gasteiger partial charge on any atom is -0.368 e. The van der Waals surface area contributed by atoms with Crippen LogP contribution in [0.3, 0.4) is 0 Å². The molecule has 2 heterocycles. The number of benzene rings is 2. The van der Waals surface area contributed by atoms with Crippen molar-refractivity contribution in [2.75, 3.05) is 36.4 Å². The van der Waals surface area contributed by atoms with E-state index in [1.807, 2.05) is 17.0 Å². The van der Waals surface area contributed by atoms with Gasteiger partial charge in [-0.2, -0.15) is 5.26 Å². The average Bonchev–Trinajstić information content (AvgIpc) is 2.80. The smallest absolute Gasteiger partial charge is 0.255 e. The number of carbonyl (C=O) groups is 1. The first-order valence-corrected chi connectivity index (χ1v) is 9.96. The van der Waals surface area contributed by atoms with Crippen molar-refractivity contribution in [3.05, 3.63) is 83.6 Å². The lowest BCUT2D eigenvalue weighted by atomic mass is 10.1. The van der Waals surface area contributed by atoms with Crippen molar-refractivity contribution in [2.45, 2.75) is 6.92 Å². The highest BCUT2D eigenvalue weighted by Crippen LogP contribution is 2.19. The minimum atomic E-state index is 0.0105. The predicted octanol–water partition coefficient (Wildman–Crippen LogP) is 3.97. The Labute approximate surface area is 176 Å². The van der Waals surface area contributed by atoms with Crippen molar-refractivity contribution >= 4 is 23.1 Å². The lowest BCUT2D eigenvalue weighted by Crippen LogP contribution is -2.48. The van der Waals surface area contributed by atoms with Crippen molar-refractivity contribution in [3.63, 3.8) is 0 Å². The zero-order valence-corrected chi connectivity index (χ0v) is 16.9. The van der Waals surface area contributed by atoms with Gasteiger partial charge in [0.15, 0.2) is 0 Å². The number of piperazine rings is 1. The Kier molecular flexibility index (Phi) is 5.62. The Bertz CT molecular complexity index is 1060. The monoisotopic (exact) mass is 397 g/mol. The van der Waals surface area contributed by atoms with Crippen LogP contribution in [0.5, 0.6) is 0 Å². The molecule has 0 bridgehead atoms. The van der Waals surface area contributed by atoms with Crippen molar-refractivity contribution in [3.8, 4) is 6.07 Å². The van der Waals surface area contributed by atoms with Gasteiger partial charge in [-0.15, -0.1) is 0 Å². The van der Waals surface area contributed by atoms with E-state index in [-0.39, 0.29) is 5.91 Å². The van der Waals surface area contributed by atoms with Crippen molar-refractivity contribution in [1.82, 2.24) is 9.88 Å². The molecule has 2 aromatic carbocycles. The van der Waals surface area contributed by atoms with Crippen LogP contribution < -0.4 is 10.2 Å². The van der Waals surface area contributed by atoms with Gasteiger partial charge in [0.25, 0.3) is 5.91 Å². The molecule has 1 fully saturated rings. The highest BCUT2D eigenvalue weighted by Gasteiger charge is 2.22. The maximum atomic E-state index is 12.9. The zero-order valence-electron chi connectivity index (χ0n) is 16.9. The second kappa shape index (κ2) is 8.66. The van der Waals surface area contributed by atoms with Crippen LogP contribution in [0, 0.1) is 18.3 Å².